The Morgan fingerprint density at radius 2 is 2.07 bits per heavy atom. The van der Waals surface area contributed by atoms with Crippen LogP contribution in [0.5, 0.6) is 5.75 Å². The molecule has 0 aliphatic heterocycles. The van der Waals surface area contributed by atoms with Crippen LogP contribution in [0.15, 0.2) is 24.3 Å². The Balaban J connectivity index is 2.66. The van der Waals surface area contributed by atoms with Gasteiger partial charge >= 0.3 is 6.36 Å². The maximum Gasteiger partial charge on any atom is 0.573 e. The Morgan fingerprint density at radius 1 is 1.33 bits per heavy atom. The zero-order valence-corrected chi connectivity index (χ0v) is 8.04. The Hall–Kier alpha value is -1.23. The molecule has 0 aliphatic rings. The van der Waals surface area contributed by atoms with E-state index < -0.39 is 6.36 Å². The van der Waals surface area contributed by atoms with Crippen molar-refractivity contribution < 1.29 is 22.6 Å². The summed E-state index contributed by atoms with van der Waals surface area (Å²) in [6.07, 6.45) is -4.66. The Kier molecular flexibility index (Phi) is 3.96. The molecule has 0 unspecified atom stereocenters. The standard InChI is InChI=1S/C10H10F3O2/c1-2-14-7-8-4-3-5-9(6-8)15-10(11,12)13/h2-6H,7H2,1H3. The molecule has 0 saturated carbocycles. The molecule has 0 bridgehead atoms. The van der Waals surface area contributed by atoms with Crippen molar-refractivity contribution in [1.82, 2.24) is 0 Å². The molecule has 0 aliphatic carbocycles. The number of alkyl halides is 3. The largest absolute Gasteiger partial charge is 0.573 e. The van der Waals surface area contributed by atoms with Crippen LogP contribution in [0.4, 0.5) is 13.2 Å². The zero-order chi connectivity index (χ0) is 11.3. The average molecular weight is 219 g/mol. The van der Waals surface area contributed by atoms with E-state index in [2.05, 4.69) is 4.74 Å². The number of rotatable bonds is 4. The summed E-state index contributed by atoms with van der Waals surface area (Å²) >= 11 is 0. The molecule has 0 fully saturated rings. The van der Waals surface area contributed by atoms with E-state index in [9.17, 15) is 13.2 Å². The van der Waals surface area contributed by atoms with Crippen LogP contribution in [0.3, 0.4) is 0 Å². The van der Waals surface area contributed by atoms with Gasteiger partial charge in [0.15, 0.2) is 0 Å². The molecule has 0 atom stereocenters. The minimum atomic E-state index is -4.66. The van der Waals surface area contributed by atoms with Crippen molar-refractivity contribution in [3.05, 3.63) is 36.4 Å². The molecular weight excluding hydrogens is 209 g/mol. The van der Waals surface area contributed by atoms with Crippen molar-refractivity contribution in [3.63, 3.8) is 0 Å². The van der Waals surface area contributed by atoms with Gasteiger partial charge in [0.25, 0.3) is 0 Å². The first-order valence-corrected chi connectivity index (χ1v) is 4.25. The van der Waals surface area contributed by atoms with E-state index in [4.69, 9.17) is 4.74 Å². The molecule has 0 spiro atoms. The molecule has 0 amide bonds. The predicted octanol–water partition coefficient (Wildman–Crippen LogP) is 3.28. The van der Waals surface area contributed by atoms with Gasteiger partial charge in [0.05, 0.1) is 13.2 Å². The van der Waals surface area contributed by atoms with E-state index in [-0.39, 0.29) is 12.4 Å². The number of ether oxygens (including phenoxy) is 2. The fraction of sp³-hybridized carbons (Fsp3) is 0.300. The normalized spacial score (nSPS) is 11.5. The summed E-state index contributed by atoms with van der Waals surface area (Å²) in [6.45, 7) is 3.39. The summed E-state index contributed by atoms with van der Waals surface area (Å²) < 4.78 is 44.3. The molecule has 83 valence electrons. The van der Waals surface area contributed by atoms with Crippen LogP contribution in [-0.2, 0) is 11.3 Å². The first-order valence-electron chi connectivity index (χ1n) is 4.25. The van der Waals surface area contributed by atoms with Gasteiger partial charge in [-0.3, -0.25) is 0 Å². The minimum absolute atomic E-state index is 0.228. The first kappa shape index (κ1) is 11.8. The third kappa shape index (κ3) is 4.69. The van der Waals surface area contributed by atoms with Gasteiger partial charge < -0.3 is 9.47 Å². The van der Waals surface area contributed by atoms with Crippen molar-refractivity contribution in [1.29, 1.82) is 0 Å². The predicted molar refractivity (Wildman–Crippen MR) is 47.9 cm³/mol. The van der Waals surface area contributed by atoms with E-state index in [1.807, 2.05) is 0 Å². The second-order valence-electron chi connectivity index (χ2n) is 2.74. The summed E-state index contributed by atoms with van der Waals surface area (Å²) in [7, 11) is 0. The number of hydrogen-bond donors (Lipinski definition) is 0. The van der Waals surface area contributed by atoms with Gasteiger partial charge in [-0.2, -0.15) is 0 Å². The maximum atomic E-state index is 11.9. The van der Waals surface area contributed by atoms with E-state index in [0.29, 0.717) is 5.56 Å². The average Bonchev–Trinajstić information content (AvgIpc) is 2.12. The van der Waals surface area contributed by atoms with Gasteiger partial charge in [-0.05, 0) is 24.6 Å². The first-order chi connectivity index (χ1) is 7.01. The van der Waals surface area contributed by atoms with E-state index in [0.717, 1.165) is 0 Å². The molecule has 0 saturated heterocycles. The third-order valence-corrected chi connectivity index (χ3v) is 1.55. The fourth-order valence-corrected chi connectivity index (χ4v) is 1.01. The second-order valence-corrected chi connectivity index (χ2v) is 2.74. The lowest BCUT2D eigenvalue weighted by molar-refractivity contribution is -0.274. The van der Waals surface area contributed by atoms with Gasteiger partial charge in [0, 0.05) is 0 Å². The zero-order valence-electron chi connectivity index (χ0n) is 8.04. The second kappa shape index (κ2) is 5.02. The van der Waals surface area contributed by atoms with E-state index in [1.54, 1.807) is 13.0 Å². The molecule has 15 heavy (non-hydrogen) atoms. The SMILES string of the molecule is C[CH]OCc1cccc(OC(F)(F)F)c1. The van der Waals surface area contributed by atoms with Crippen molar-refractivity contribution in [3.8, 4) is 5.75 Å². The Labute approximate surface area is 85.6 Å². The van der Waals surface area contributed by atoms with Crippen molar-refractivity contribution in [2.45, 2.75) is 19.9 Å². The fourth-order valence-electron chi connectivity index (χ4n) is 1.01. The molecule has 1 aromatic rings. The summed E-state index contributed by atoms with van der Waals surface area (Å²) in [5.74, 6) is -0.236. The molecule has 5 heteroatoms. The lowest BCUT2D eigenvalue weighted by Crippen LogP contribution is -2.17. The van der Waals surface area contributed by atoms with Crippen LogP contribution in [0.2, 0.25) is 0 Å². The van der Waals surface area contributed by atoms with E-state index in [1.165, 1.54) is 24.8 Å². The highest BCUT2D eigenvalue weighted by atomic mass is 19.4. The lowest BCUT2D eigenvalue weighted by Gasteiger charge is -2.09. The monoisotopic (exact) mass is 219 g/mol. The van der Waals surface area contributed by atoms with Crippen molar-refractivity contribution in [2.75, 3.05) is 0 Å². The molecule has 1 aromatic carbocycles. The van der Waals surface area contributed by atoms with Crippen LogP contribution in [-0.4, -0.2) is 6.36 Å². The minimum Gasteiger partial charge on any atom is -0.406 e. The van der Waals surface area contributed by atoms with E-state index >= 15 is 0 Å². The topological polar surface area (TPSA) is 18.5 Å². The smallest absolute Gasteiger partial charge is 0.406 e. The lowest BCUT2D eigenvalue weighted by atomic mass is 10.2. The van der Waals surface area contributed by atoms with Gasteiger partial charge in [-0.1, -0.05) is 12.1 Å². The van der Waals surface area contributed by atoms with Crippen LogP contribution < -0.4 is 4.74 Å². The van der Waals surface area contributed by atoms with Gasteiger partial charge in [0.1, 0.15) is 5.75 Å². The molecule has 1 rings (SSSR count). The Bertz CT molecular complexity index is 310. The summed E-state index contributed by atoms with van der Waals surface area (Å²) in [4.78, 5) is 0. The van der Waals surface area contributed by atoms with Crippen LogP contribution in [0.25, 0.3) is 0 Å². The van der Waals surface area contributed by atoms with Crippen molar-refractivity contribution in [2.24, 2.45) is 0 Å². The maximum absolute atomic E-state index is 11.9. The highest BCUT2D eigenvalue weighted by Gasteiger charge is 2.31. The van der Waals surface area contributed by atoms with Crippen LogP contribution >= 0.6 is 0 Å². The molecule has 0 N–H and O–H groups in total. The van der Waals surface area contributed by atoms with Gasteiger partial charge in [-0.15, -0.1) is 13.2 Å². The van der Waals surface area contributed by atoms with Gasteiger partial charge in [0.2, 0.25) is 0 Å². The quantitative estimate of drug-likeness (QED) is 0.773. The molecule has 1 radical (unpaired) electrons. The Morgan fingerprint density at radius 3 is 2.67 bits per heavy atom. The number of benzene rings is 1. The molecular formula is C10H10F3O2. The van der Waals surface area contributed by atoms with Crippen LogP contribution in [0, 0.1) is 6.61 Å². The summed E-state index contributed by atoms with van der Waals surface area (Å²) in [6, 6.07) is 5.67. The summed E-state index contributed by atoms with van der Waals surface area (Å²) in [5.41, 5.74) is 0.620. The third-order valence-electron chi connectivity index (χ3n) is 1.55. The highest BCUT2D eigenvalue weighted by molar-refractivity contribution is 5.28. The summed E-state index contributed by atoms with van der Waals surface area (Å²) in [5, 5.41) is 0. The molecule has 2 nitrogen and oxygen atoms in total. The van der Waals surface area contributed by atoms with Gasteiger partial charge in [-0.25, -0.2) is 0 Å². The number of hydrogen-bond acceptors (Lipinski definition) is 2. The van der Waals surface area contributed by atoms with Crippen molar-refractivity contribution >= 4 is 0 Å². The molecule has 0 heterocycles. The van der Waals surface area contributed by atoms with Crippen LogP contribution in [0.1, 0.15) is 12.5 Å². The number of halogens is 3. The molecule has 0 aromatic heterocycles. The highest BCUT2D eigenvalue weighted by Crippen LogP contribution is 2.23.